The average molecular weight is 361 g/mol. The number of carbonyl (C=O) groups is 1. The zero-order valence-electron chi connectivity index (χ0n) is 12.7. The Morgan fingerprint density at radius 2 is 2.12 bits per heavy atom. The van der Waals surface area contributed by atoms with Crippen molar-refractivity contribution in [1.82, 2.24) is 4.98 Å². The lowest BCUT2D eigenvalue weighted by Gasteiger charge is -2.25. The predicted molar refractivity (Wildman–Crippen MR) is 94.3 cm³/mol. The van der Waals surface area contributed by atoms with Gasteiger partial charge in [0.25, 0.3) is 5.91 Å². The van der Waals surface area contributed by atoms with E-state index >= 15 is 0 Å². The number of anilines is 1. The molecule has 2 aromatic carbocycles. The number of nitrogens with one attached hydrogen (secondary N) is 1. The predicted octanol–water partition coefficient (Wildman–Crippen LogP) is 4.04. The number of amides is 1. The average Bonchev–Trinajstić information content (AvgIpc) is 2.97. The van der Waals surface area contributed by atoms with Crippen molar-refractivity contribution in [2.45, 2.75) is 13.0 Å². The zero-order valence-corrected chi connectivity index (χ0v) is 14.3. The largest absolute Gasteiger partial charge is 0.485 e. The normalized spacial score (nSPS) is 16.2. The lowest BCUT2D eigenvalue weighted by molar-refractivity contribution is -0.125. The van der Waals surface area contributed by atoms with Crippen LogP contribution in [0.15, 0.2) is 36.4 Å². The maximum absolute atomic E-state index is 12.4. The van der Waals surface area contributed by atoms with E-state index in [0.717, 1.165) is 15.8 Å². The highest BCUT2D eigenvalue weighted by atomic mass is 35.5. The minimum Gasteiger partial charge on any atom is -0.485 e. The van der Waals surface area contributed by atoms with Gasteiger partial charge in [-0.25, -0.2) is 4.98 Å². The number of aromatic nitrogens is 1. The summed E-state index contributed by atoms with van der Waals surface area (Å²) < 4.78 is 12.2. The molecule has 1 N–H and O–H groups in total. The molecule has 2 heterocycles. The standard InChI is InChI=1S/C17H13ClN2O3S/c1-9-6-10(18)7-14-15(9)19-17(24-14)20-16(21)13-8-22-11-4-2-3-5-12(11)23-13/h2-7,13H,8H2,1H3,(H,19,20,21). The van der Waals surface area contributed by atoms with Crippen LogP contribution in [-0.4, -0.2) is 23.6 Å². The van der Waals surface area contributed by atoms with Gasteiger partial charge < -0.3 is 9.47 Å². The fourth-order valence-electron chi connectivity index (χ4n) is 2.54. The zero-order chi connectivity index (χ0) is 16.7. The fraction of sp³-hybridized carbons (Fsp3) is 0.176. The first-order valence-corrected chi connectivity index (χ1v) is 8.55. The molecule has 0 aliphatic carbocycles. The third-order valence-corrected chi connectivity index (χ3v) is 4.82. The number of hydrogen-bond acceptors (Lipinski definition) is 5. The summed E-state index contributed by atoms with van der Waals surface area (Å²) in [6, 6.07) is 11.0. The van der Waals surface area contributed by atoms with Crippen LogP contribution in [0.2, 0.25) is 5.02 Å². The van der Waals surface area contributed by atoms with Gasteiger partial charge in [0.15, 0.2) is 16.6 Å². The molecule has 1 unspecified atom stereocenters. The van der Waals surface area contributed by atoms with Crippen LogP contribution in [0.3, 0.4) is 0 Å². The van der Waals surface area contributed by atoms with E-state index in [1.165, 1.54) is 11.3 Å². The van der Waals surface area contributed by atoms with Crippen LogP contribution in [0, 0.1) is 6.92 Å². The molecule has 1 amide bonds. The van der Waals surface area contributed by atoms with Gasteiger partial charge in [0.05, 0.1) is 10.2 Å². The Bertz CT molecular complexity index is 941. The maximum Gasteiger partial charge on any atom is 0.270 e. The number of fused-ring (bicyclic) bond motifs is 2. The highest BCUT2D eigenvalue weighted by molar-refractivity contribution is 7.22. The Balaban J connectivity index is 1.54. The first kappa shape index (κ1) is 15.2. The van der Waals surface area contributed by atoms with Gasteiger partial charge in [0.1, 0.15) is 6.61 Å². The lowest BCUT2D eigenvalue weighted by atomic mass is 10.2. The molecule has 5 nitrogen and oxygen atoms in total. The third kappa shape index (κ3) is 2.79. The molecular weight excluding hydrogens is 348 g/mol. The molecule has 0 radical (unpaired) electrons. The Labute approximate surface area is 147 Å². The minimum atomic E-state index is -0.711. The summed E-state index contributed by atoms with van der Waals surface area (Å²) in [5.74, 6) is 0.926. The highest BCUT2D eigenvalue weighted by Gasteiger charge is 2.28. The van der Waals surface area contributed by atoms with Gasteiger partial charge in [0, 0.05) is 5.02 Å². The molecule has 1 aliphatic rings. The second kappa shape index (κ2) is 5.96. The highest BCUT2D eigenvalue weighted by Crippen LogP contribution is 2.33. The van der Waals surface area contributed by atoms with Crippen LogP contribution in [0.1, 0.15) is 5.56 Å². The second-order valence-electron chi connectivity index (χ2n) is 5.44. The summed E-state index contributed by atoms with van der Waals surface area (Å²) in [6.45, 7) is 2.10. The van der Waals surface area contributed by atoms with Crippen molar-refractivity contribution >= 4 is 44.2 Å². The molecular formula is C17H13ClN2O3S. The van der Waals surface area contributed by atoms with Crippen LogP contribution < -0.4 is 14.8 Å². The first-order chi connectivity index (χ1) is 11.6. The number of benzene rings is 2. The summed E-state index contributed by atoms with van der Waals surface area (Å²) in [5, 5.41) is 3.97. The van der Waals surface area contributed by atoms with Crippen LogP contribution in [0.25, 0.3) is 10.2 Å². The van der Waals surface area contributed by atoms with Crippen molar-refractivity contribution in [3.8, 4) is 11.5 Å². The fourth-order valence-corrected chi connectivity index (χ4v) is 3.87. The van der Waals surface area contributed by atoms with E-state index in [2.05, 4.69) is 10.3 Å². The SMILES string of the molecule is Cc1cc(Cl)cc2sc(NC(=O)C3COc4ccccc4O3)nc12. The van der Waals surface area contributed by atoms with E-state index in [0.29, 0.717) is 21.7 Å². The number of halogens is 1. The molecule has 0 fully saturated rings. The van der Waals surface area contributed by atoms with E-state index in [4.69, 9.17) is 21.1 Å². The monoisotopic (exact) mass is 360 g/mol. The van der Waals surface area contributed by atoms with Crippen LogP contribution in [-0.2, 0) is 4.79 Å². The van der Waals surface area contributed by atoms with Crippen molar-refractivity contribution in [2.75, 3.05) is 11.9 Å². The van der Waals surface area contributed by atoms with Gasteiger partial charge in [0.2, 0.25) is 6.10 Å². The number of thiazole rings is 1. The summed E-state index contributed by atoms with van der Waals surface area (Å²) >= 11 is 7.44. The van der Waals surface area contributed by atoms with Crippen molar-refractivity contribution < 1.29 is 14.3 Å². The molecule has 0 bridgehead atoms. The van der Waals surface area contributed by atoms with Crippen molar-refractivity contribution in [1.29, 1.82) is 0 Å². The molecule has 0 saturated heterocycles. The van der Waals surface area contributed by atoms with E-state index in [-0.39, 0.29) is 12.5 Å². The van der Waals surface area contributed by atoms with Crippen molar-refractivity contribution in [2.24, 2.45) is 0 Å². The molecule has 7 heteroatoms. The summed E-state index contributed by atoms with van der Waals surface area (Å²) in [6.07, 6.45) is -0.711. The van der Waals surface area contributed by atoms with Gasteiger partial charge in [-0.1, -0.05) is 35.1 Å². The molecule has 0 saturated carbocycles. The minimum absolute atomic E-state index is 0.165. The molecule has 3 aromatic rings. The van der Waals surface area contributed by atoms with Crippen molar-refractivity contribution in [3.63, 3.8) is 0 Å². The number of nitrogens with zero attached hydrogens (tertiary/aromatic N) is 1. The van der Waals surface area contributed by atoms with E-state index in [1.807, 2.05) is 37.3 Å². The van der Waals surface area contributed by atoms with Gasteiger partial charge in [-0.3, -0.25) is 10.1 Å². The molecule has 0 spiro atoms. The number of ether oxygens (including phenoxy) is 2. The van der Waals surface area contributed by atoms with Gasteiger partial charge in [-0.15, -0.1) is 0 Å². The summed E-state index contributed by atoms with van der Waals surface area (Å²) in [4.78, 5) is 16.9. The Morgan fingerprint density at radius 3 is 2.96 bits per heavy atom. The number of aryl methyl sites for hydroxylation is 1. The molecule has 1 aliphatic heterocycles. The van der Waals surface area contributed by atoms with Crippen LogP contribution >= 0.6 is 22.9 Å². The number of rotatable bonds is 2. The molecule has 122 valence electrons. The summed E-state index contributed by atoms with van der Waals surface area (Å²) in [5.41, 5.74) is 1.81. The molecule has 1 aromatic heterocycles. The van der Waals surface area contributed by atoms with Crippen LogP contribution in [0.4, 0.5) is 5.13 Å². The van der Waals surface area contributed by atoms with Crippen LogP contribution in [0.5, 0.6) is 11.5 Å². The van der Waals surface area contributed by atoms with E-state index in [9.17, 15) is 4.79 Å². The van der Waals surface area contributed by atoms with Gasteiger partial charge in [-0.2, -0.15) is 0 Å². The first-order valence-electron chi connectivity index (χ1n) is 7.36. The van der Waals surface area contributed by atoms with Crippen molar-refractivity contribution in [3.05, 3.63) is 47.0 Å². The quantitative estimate of drug-likeness (QED) is 0.749. The van der Waals surface area contributed by atoms with E-state index in [1.54, 1.807) is 6.07 Å². The topological polar surface area (TPSA) is 60.5 Å². The number of hydrogen-bond donors (Lipinski definition) is 1. The number of para-hydroxylation sites is 2. The van der Waals surface area contributed by atoms with Gasteiger partial charge >= 0.3 is 0 Å². The second-order valence-corrected chi connectivity index (χ2v) is 6.91. The maximum atomic E-state index is 12.4. The lowest BCUT2D eigenvalue weighted by Crippen LogP contribution is -2.40. The van der Waals surface area contributed by atoms with Gasteiger partial charge in [-0.05, 0) is 36.8 Å². The smallest absolute Gasteiger partial charge is 0.270 e. The number of carbonyl (C=O) groups excluding carboxylic acids is 1. The Morgan fingerprint density at radius 1 is 1.33 bits per heavy atom. The molecule has 4 rings (SSSR count). The molecule has 24 heavy (non-hydrogen) atoms. The Hall–Kier alpha value is -2.31. The Kier molecular flexibility index (Phi) is 3.78. The summed E-state index contributed by atoms with van der Waals surface area (Å²) in [7, 11) is 0. The van der Waals surface area contributed by atoms with E-state index < -0.39 is 6.10 Å². The molecule has 1 atom stereocenters. The third-order valence-electron chi connectivity index (χ3n) is 3.68.